The van der Waals surface area contributed by atoms with Crippen LogP contribution in [-0.4, -0.2) is 37.0 Å². The quantitative estimate of drug-likeness (QED) is 0.625. The first kappa shape index (κ1) is 13.9. The molecule has 0 radical (unpaired) electrons. The lowest BCUT2D eigenvalue weighted by molar-refractivity contribution is 0.0444. The molecule has 0 aromatic carbocycles. The fraction of sp³-hybridized carbons (Fsp3) is 1.00. The van der Waals surface area contributed by atoms with Crippen LogP contribution in [0.2, 0.25) is 0 Å². The number of rotatable bonds is 8. The van der Waals surface area contributed by atoms with Gasteiger partial charge in [-0.15, -0.1) is 0 Å². The second-order valence-corrected chi connectivity index (χ2v) is 5.40. The molecule has 0 amide bonds. The molecule has 2 N–H and O–H groups in total. The summed E-state index contributed by atoms with van der Waals surface area (Å²) in [6.07, 6.45) is 5.37. The molecule has 0 aliphatic heterocycles. The third-order valence-corrected chi connectivity index (χ3v) is 3.25. The van der Waals surface area contributed by atoms with E-state index < -0.39 is 5.60 Å². The van der Waals surface area contributed by atoms with E-state index >= 15 is 0 Å². The van der Waals surface area contributed by atoms with E-state index in [2.05, 4.69) is 19.2 Å². The van der Waals surface area contributed by atoms with Crippen LogP contribution >= 0.6 is 0 Å². The van der Waals surface area contributed by atoms with Gasteiger partial charge < -0.3 is 15.2 Å². The number of aliphatic hydroxyl groups is 1. The predicted octanol–water partition coefficient (Wildman–Crippen LogP) is 1.94. The monoisotopic (exact) mass is 229 g/mol. The van der Waals surface area contributed by atoms with Crippen molar-refractivity contribution >= 4 is 0 Å². The Morgan fingerprint density at radius 3 is 2.56 bits per heavy atom. The molecule has 0 saturated heterocycles. The van der Waals surface area contributed by atoms with Crippen molar-refractivity contribution in [3.8, 4) is 0 Å². The van der Waals surface area contributed by atoms with Crippen molar-refractivity contribution in [1.29, 1.82) is 0 Å². The highest BCUT2D eigenvalue weighted by atomic mass is 16.5. The number of hydrogen-bond acceptors (Lipinski definition) is 3. The zero-order chi connectivity index (χ0) is 11.9. The number of hydrogen-bond donors (Lipinski definition) is 2. The topological polar surface area (TPSA) is 41.5 Å². The summed E-state index contributed by atoms with van der Waals surface area (Å²) in [4.78, 5) is 0. The van der Waals surface area contributed by atoms with Crippen molar-refractivity contribution in [2.45, 2.75) is 51.6 Å². The van der Waals surface area contributed by atoms with Crippen LogP contribution in [-0.2, 0) is 4.74 Å². The van der Waals surface area contributed by atoms with Gasteiger partial charge in [-0.2, -0.15) is 0 Å². The van der Waals surface area contributed by atoms with E-state index in [0.717, 1.165) is 45.6 Å². The van der Waals surface area contributed by atoms with Crippen LogP contribution in [0.1, 0.15) is 46.0 Å². The van der Waals surface area contributed by atoms with Gasteiger partial charge in [-0.1, -0.05) is 26.7 Å². The van der Waals surface area contributed by atoms with Crippen molar-refractivity contribution < 1.29 is 9.84 Å². The predicted molar refractivity (Wildman–Crippen MR) is 66.6 cm³/mol. The molecule has 1 fully saturated rings. The molecular weight excluding hydrogens is 202 g/mol. The minimum atomic E-state index is -0.433. The fourth-order valence-electron chi connectivity index (χ4n) is 2.10. The van der Waals surface area contributed by atoms with Gasteiger partial charge in [0.1, 0.15) is 0 Å². The second-order valence-electron chi connectivity index (χ2n) is 5.40. The van der Waals surface area contributed by atoms with Crippen molar-refractivity contribution in [1.82, 2.24) is 5.32 Å². The lowest BCUT2D eigenvalue weighted by atomic mass is 10.0. The molecule has 0 atom stereocenters. The van der Waals surface area contributed by atoms with Gasteiger partial charge in [-0.25, -0.2) is 0 Å². The van der Waals surface area contributed by atoms with E-state index in [1.165, 1.54) is 12.8 Å². The molecule has 0 unspecified atom stereocenters. The summed E-state index contributed by atoms with van der Waals surface area (Å²) in [5.74, 6) is 0.715. The Morgan fingerprint density at radius 2 is 1.94 bits per heavy atom. The molecular formula is C13H27NO2. The summed E-state index contributed by atoms with van der Waals surface area (Å²) in [7, 11) is 0. The molecule has 1 aliphatic carbocycles. The lowest BCUT2D eigenvalue weighted by Crippen LogP contribution is -2.39. The van der Waals surface area contributed by atoms with Crippen molar-refractivity contribution in [3.63, 3.8) is 0 Å². The zero-order valence-electron chi connectivity index (χ0n) is 10.8. The molecule has 0 spiro atoms. The Hall–Kier alpha value is -0.120. The average molecular weight is 229 g/mol. The van der Waals surface area contributed by atoms with Crippen LogP contribution in [0.3, 0.4) is 0 Å². The van der Waals surface area contributed by atoms with Crippen molar-refractivity contribution in [2.75, 3.05) is 26.3 Å². The van der Waals surface area contributed by atoms with Gasteiger partial charge in [0.25, 0.3) is 0 Å². The molecule has 3 nitrogen and oxygen atoms in total. The first-order valence-electron chi connectivity index (χ1n) is 6.63. The van der Waals surface area contributed by atoms with Gasteiger partial charge in [-0.05, 0) is 25.2 Å². The Morgan fingerprint density at radius 1 is 1.25 bits per heavy atom. The van der Waals surface area contributed by atoms with Crippen LogP contribution in [0.4, 0.5) is 0 Å². The van der Waals surface area contributed by atoms with Gasteiger partial charge in [-0.3, -0.25) is 0 Å². The van der Waals surface area contributed by atoms with Gasteiger partial charge in [0.2, 0.25) is 0 Å². The molecule has 1 saturated carbocycles. The summed E-state index contributed by atoms with van der Waals surface area (Å²) in [5.41, 5.74) is -0.433. The maximum atomic E-state index is 10.1. The van der Waals surface area contributed by atoms with Crippen molar-refractivity contribution in [3.05, 3.63) is 0 Å². The largest absolute Gasteiger partial charge is 0.389 e. The number of nitrogens with one attached hydrogen (secondary N) is 1. The molecule has 0 aromatic rings. The minimum absolute atomic E-state index is 0.433. The van der Waals surface area contributed by atoms with E-state index in [4.69, 9.17) is 4.74 Å². The van der Waals surface area contributed by atoms with Crippen LogP contribution in [0.15, 0.2) is 0 Å². The maximum Gasteiger partial charge on any atom is 0.0771 e. The molecule has 16 heavy (non-hydrogen) atoms. The van der Waals surface area contributed by atoms with Gasteiger partial charge in [0.05, 0.1) is 12.2 Å². The third kappa shape index (κ3) is 5.83. The summed E-state index contributed by atoms with van der Waals surface area (Å²) in [5, 5.41) is 13.3. The summed E-state index contributed by atoms with van der Waals surface area (Å²) in [6.45, 7) is 7.59. The molecule has 1 rings (SSSR count). The molecule has 1 aliphatic rings. The fourth-order valence-corrected chi connectivity index (χ4v) is 2.10. The highest BCUT2D eigenvalue weighted by Crippen LogP contribution is 2.28. The number of ether oxygens (including phenoxy) is 1. The standard InChI is InChI=1S/C13H27NO2/c1-12(2)5-9-16-10-8-14-11-13(15)6-3-4-7-13/h12,14-15H,3-11H2,1-2H3. The van der Waals surface area contributed by atoms with Crippen LogP contribution < -0.4 is 5.32 Å². The minimum Gasteiger partial charge on any atom is -0.389 e. The van der Waals surface area contributed by atoms with E-state index in [1.54, 1.807) is 0 Å². The van der Waals surface area contributed by atoms with Crippen molar-refractivity contribution in [2.24, 2.45) is 5.92 Å². The maximum absolute atomic E-state index is 10.1. The summed E-state index contributed by atoms with van der Waals surface area (Å²) in [6, 6.07) is 0. The Labute approximate surface area is 99.6 Å². The van der Waals surface area contributed by atoms with Crippen LogP contribution in [0, 0.1) is 5.92 Å². The molecule has 3 heteroatoms. The first-order valence-corrected chi connectivity index (χ1v) is 6.63. The zero-order valence-corrected chi connectivity index (χ0v) is 10.8. The van der Waals surface area contributed by atoms with E-state index in [1.807, 2.05) is 0 Å². The summed E-state index contributed by atoms with van der Waals surface area (Å²) < 4.78 is 5.50. The van der Waals surface area contributed by atoms with E-state index in [9.17, 15) is 5.11 Å². The van der Waals surface area contributed by atoms with Crippen LogP contribution in [0.25, 0.3) is 0 Å². The van der Waals surface area contributed by atoms with Crippen LogP contribution in [0.5, 0.6) is 0 Å². The van der Waals surface area contributed by atoms with E-state index in [-0.39, 0.29) is 0 Å². The molecule has 0 bridgehead atoms. The highest BCUT2D eigenvalue weighted by molar-refractivity contribution is 4.85. The average Bonchev–Trinajstić information content (AvgIpc) is 2.64. The SMILES string of the molecule is CC(C)CCOCCNCC1(O)CCCC1. The Bertz CT molecular complexity index is 177. The second kappa shape index (κ2) is 7.25. The lowest BCUT2D eigenvalue weighted by Gasteiger charge is -2.22. The normalized spacial score (nSPS) is 19.5. The molecule has 0 aromatic heterocycles. The summed E-state index contributed by atoms with van der Waals surface area (Å²) >= 11 is 0. The van der Waals surface area contributed by atoms with Gasteiger partial charge in [0.15, 0.2) is 0 Å². The Kier molecular flexibility index (Phi) is 6.32. The van der Waals surface area contributed by atoms with E-state index in [0.29, 0.717) is 5.92 Å². The smallest absolute Gasteiger partial charge is 0.0771 e. The highest BCUT2D eigenvalue weighted by Gasteiger charge is 2.30. The van der Waals surface area contributed by atoms with Gasteiger partial charge >= 0.3 is 0 Å². The first-order chi connectivity index (χ1) is 7.62. The Balaban J connectivity index is 1.88. The third-order valence-electron chi connectivity index (χ3n) is 3.25. The molecule has 96 valence electrons. The van der Waals surface area contributed by atoms with Gasteiger partial charge in [0, 0.05) is 19.7 Å². The molecule has 0 heterocycles.